The smallest absolute Gasteiger partial charge is 0.333 e. The van der Waals surface area contributed by atoms with Crippen LogP contribution >= 0.6 is 0 Å². The Kier molecular flexibility index (Phi) is 3.94. The number of rotatable bonds is 5. The third-order valence-corrected chi connectivity index (χ3v) is 6.22. The van der Waals surface area contributed by atoms with Gasteiger partial charge in [0.2, 0.25) is 0 Å². The van der Waals surface area contributed by atoms with Gasteiger partial charge in [-0.05, 0) is 24.5 Å². The van der Waals surface area contributed by atoms with Crippen molar-refractivity contribution in [2.24, 2.45) is 11.8 Å². The van der Waals surface area contributed by atoms with E-state index in [1.807, 2.05) is 6.92 Å². The fraction of sp³-hybridized carbons (Fsp3) is 0.450. The van der Waals surface area contributed by atoms with Gasteiger partial charge in [0.05, 0.1) is 31.2 Å². The SMILES string of the molecule is COc1cccc2onc(Cn3c(=O)ccn([C@@H]4OC5(CO)CC5[C@@H]4C)c3=O)c12. The number of aliphatic hydroxyl groups excluding tert-OH is 1. The molecule has 1 aliphatic carbocycles. The second-order valence-corrected chi connectivity index (χ2v) is 7.79. The van der Waals surface area contributed by atoms with E-state index in [2.05, 4.69) is 5.16 Å². The monoisotopic (exact) mass is 399 g/mol. The van der Waals surface area contributed by atoms with E-state index >= 15 is 0 Å². The number of aliphatic hydroxyl groups is 1. The summed E-state index contributed by atoms with van der Waals surface area (Å²) in [4.78, 5) is 25.6. The maximum Gasteiger partial charge on any atom is 0.333 e. The summed E-state index contributed by atoms with van der Waals surface area (Å²) in [5.74, 6) is 0.827. The molecule has 0 amide bonds. The summed E-state index contributed by atoms with van der Waals surface area (Å²) >= 11 is 0. The minimum absolute atomic E-state index is 0.0540. The first-order chi connectivity index (χ1) is 14.0. The highest BCUT2D eigenvalue weighted by Crippen LogP contribution is 2.61. The Labute approximate surface area is 165 Å². The fourth-order valence-corrected chi connectivity index (χ4v) is 4.51. The van der Waals surface area contributed by atoms with Gasteiger partial charge in [-0.2, -0.15) is 0 Å². The summed E-state index contributed by atoms with van der Waals surface area (Å²) in [6.45, 7) is 1.87. The molecule has 2 unspecified atom stereocenters. The standard InChI is InChI=1S/C20H21N3O6/c1-11-12-8-20(12,10-24)28-18(11)22-7-6-16(25)23(19(22)26)9-13-17-14(27-2)4-3-5-15(17)29-21-13/h3-7,11-12,18,24H,8-10H2,1-2H3/t11-,12?,18+,20?/m0/s1. The number of hydrogen-bond acceptors (Lipinski definition) is 7. The quantitative estimate of drug-likeness (QED) is 0.685. The molecule has 3 heterocycles. The van der Waals surface area contributed by atoms with Crippen LogP contribution in [0.25, 0.3) is 11.0 Å². The molecule has 0 bridgehead atoms. The summed E-state index contributed by atoms with van der Waals surface area (Å²) in [6.07, 6.45) is 1.73. The molecule has 0 radical (unpaired) electrons. The Morgan fingerprint density at radius 1 is 1.34 bits per heavy atom. The van der Waals surface area contributed by atoms with Gasteiger partial charge in [-0.25, -0.2) is 4.79 Å². The van der Waals surface area contributed by atoms with Crippen LogP contribution in [0.15, 0.2) is 44.6 Å². The molecule has 2 aliphatic rings. The van der Waals surface area contributed by atoms with Crippen LogP contribution < -0.4 is 16.0 Å². The maximum atomic E-state index is 13.1. The molecule has 152 valence electrons. The van der Waals surface area contributed by atoms with Gasteiger partial charge < -0.3 is 19.1 Å². The fourth-order valence-electron chi connectivity index (χ4n) is 4.51. The number of fused-ring (bicyclic) bond motifs is 2. The van der Waals surface area contributed by atoms with Crippen LogP contribution in [0.2, 0.25) is 0 Å². The predicted molar refractivity (Wildman–Crippen MR) is 102 cm³/mol. The molecule has 9 nitrogen and oxygen atoms in total. The van der Waals surface area contributed by atoms with Gasteiger partial charge in [0.15, 0.2) is 5.58 Å². The molecule has 1 N–H and O–H groups in total. The van der Waals surface area contributed by atoms with Crippen molar-refractivity contribution in [2.45, 2.75) is 31.7 Å². The van der Waals surface area contributed by atoms with Crippen LogP contribution in [0, 0.1) is 11.8 Å². The summed E-state index contributed by atoms with van der Waals surface area (Å²) in [7, 11) is 1.54. The van der Waals surface area contributed by atoms with Crippen LogP contribution in [-0.2, 0) is 11.3 Å². The van der Waals surface area contributed by atoms with E-state index in [0.717, 1.165) is 11.0 Å². The molecular weight excluding hydrogens is 378 g/mol. The normalized spacial score (nSPS) is 27.9. The molecule has 29 heavy (non-hydrogen) atoms. The van der Waals surface area contributed by atoms with Crippen molar-refractivity contribution in [2.75, 3.05) is 13.7 Å². The van der Waals surface area contributed by atoms with Crippen LogP contribution in [-0.4, -0.2) is 38.7 Å². The molecule has 5 rings (SSSR count). The average Bonchev–Trinajstić information content (AvgIpc) is 3.20. The molecular formula is C20H21N3O6. The number of ether oxygens (including phenoxy) is 2. The number of nitrogens with zero attached hydrogens (tertiary/aromatic N) is 3. The van der Waals surface area contributed by atoms with Crippen molar-refractivity contribution in [1.82, 2.24) is 14.3 Å². The minimum Gasteiger partial charge on any atom is -0.496 e. The van der Waals surface area contributed by atoms with Gasteiger partial charge in [0.1, 0.15) is 17.7 Å². The third kappa shape index (κ3) is 2.57. The van der Waals surface area contributed by atoms with Gasteiger partial charge in [-0.3, -0.25) is 13.9 Å². The van der Waals surface area contributed by atoms with Crippen molar-refractivity contribution in [3.63, 3.8) is 0 Å². The molecule has 1 saturated heterocycles. The lowest BCUT2D eigenvalue weighted by molar-refractivity contribution is -0.0734. The zero-order valence-electron chi connectivity index (χ0n) is 16.1. The molecule has 2 aromatic heterocycles. The van der Waals surface area contributed by atoms with E-state index in [9.17, 15) is 14.7 Å². The van der Waals surface area contributed by atoms with Crippen molar-refractivity contribution >= 4 is 11.0 Å². The first-order valence-corrected chi connectivity index (χ1v) is 9.51. The number of methoxy groups -OCH3 is 1. The maximum absolute atomic E-state index is 13.1. The molecule has 1 aromatic carbocycles. The molecule has 4 atom stereocenters. The van der Waals surface area contributed by atoms with Crippen molar-refractivity contribution in [1.29, 1.82) is 0 Å². The zero-order valence-corrected chi connectivity index (χ0v) is 16.1. The lowest BCUT2D eigenvalue weighted by Gasteiger charge is -2.23. The van der Waals surface area contributed by atoms with Crippen LogP contribution in [0.3, 0.4) is 0 Å². The Morgan fingerprint density at radius 2 is 2.17 bits per heavy atom. The summed E-state index contributed by atoms with van der Waals surface area (Å²) < 4.78 is 19.3. The molecule has 1 aliphatic heterocycles. The van der Waals surface area contributed by atoms with Gasteiger partial charge in [0.25, 0.3) is 5.56 Å². The highest BCUT2D eigenvalue weighted by atomic mass is 16.6. The molecule has 2 fully saturated rings. The average molecular weight is 399 g/mol. The number of benzene rings is 1. The van der Waals surface area contributed by atoms with E-state index in [1.54, 1.807) is 18.2 Å². The van der Waals surface area contributed by atoms with Crippen LogP contribution in [0.1, 0.15) is 25.3 Å². The summed E-state index contributed by atoms with van der Waals surface area (Å²) in [5, 5.41) is 14.3. The second-order valence-electron chi connectivity index (χ2n) is 7.79. The summed E-state index contributed by atoms with van der Waals surface area (Å²) in [5.41, 5.74) is -0.536. The van der Waals surface area contributed by atoms with Crippen molar-refractivity contribution in [3.05, 3.63) is 57.0 Å². The lowest BCUT2D eigenvalue weighted by atomic mass is 10.0. The molecule has 1 saturated carbocycles. The predicted octanol–water partition coefficient (Wildman–Crippen LogP) is 1.12. The van der Waals surface area contributed by atoms with E-state index in [-0.39, 0.29) is 25.0 Å². The summed E-state index contributed by atoms with van der Waals surface area (Å²) in [6, 6.07) is 6.63. The number of hydrogen-bond donors (Lipinski definition) is 1. The highest BCUT2D eigenvalue weighted by Gasteiger charge is 2.66. The topological polar surface area (TPSA) is 109 Å². The Bertz CT molecular complexity index is 1210. The van der Waals surface area contributed by atoms with Gasteiger partial charge in [-0.1, -0.05) is 18.1 Å². The van der Waals surface area contributed by atoms with E-state index in [0.29, 0.717) is 22.4 Å². The van der Waals surface area contributed by atoms with Gasteiger partial charge in [-0.15, -0.1) is 0 Å². The number of aromatic nitrogens is 3. The molecule has 9 heteroatoms. The Morgan fingerprint density at radius 3 is 2.90 bits per heavy atom. The minimum atomic E-state index is -0.555. The van der Waals surface area contributed by atoms with Crippen molar-refractivity contribution in [3.8, 4) is 5.75 Å². The van der Waals surface area contributed by atoms with Gasteiger partial charge in [0, 0.05) is 18.2 Å². The Balaban J connectivity index is 1.55. The van der Waals surface area contributed by atoms with Crippen LogP contribution in [0.5, 0.6) is 5.75 Å². The molecule has 0 spiro atoms. The third-order valence-electron chi connectivity index (χ3n) is 6.22. The second kappa shape index (κ2) is 6.30. The van der Waals surface area contributed by atoms with Crippen molar-refractivity contribution < 1.29 is 19.1 Å². The Hall–Kier alpha value is -2.91. The van der Waals surface area contributed by atoms with E-state index in [1.165, 1.54) is 23.9 Å². The largest absolute Gasteiger partial charge is 0.496 e. The lowest BCUT2D eigenvalue weighted by Crippen LogP contribution is -2.42. The first-order valence-electron chi connectivity index (χ1n) is 9.51. The van der Waals surface area contributed by atoms with Crippen LogP contribution in [0.4, 0.5) is 0 Å². The van der Waals surface area contributed by atoms with Gasteiger partial charge >= 0.3 is 5.69 Å². The van der Waals surface area contributed by atoms with E-state index < -0.39 is 23.1 Å². The van der Waals surface area contributed by atoms with E-state index in [4.69, 9.17) is 14.0 Å². The molecule has 3 aromatic rings. The first kappa shape index (κ1) is 18.1. The highest BCUT2D eigenvalue weighted by molar-refractivity contribution is 5.86. The zero-order chi connectivity index (χ0) is 20.3.